The van der Waals surface area contributed by atoms with E-state index in [1.165, 1.54) is 0 Å². The summed E-state index contributed by atoms with van der Waals surface area (Å²) in [5, 5.41) is 16.2. The molecule has 0 heterocycles. The van der Waals surface area contributed by atoms with Crippen molar-refractivity contribution in [1.82, 2.24) is 16.0 Å². The quantitative estimate of drug-likeness (QED) is 0.329. The Morgan fingerprint density at radius 3 is 1.91 bits per heavy atom. The van der Waals surface area contributed by atoms with E-state index < -0.39 is 36.6 Å². The van der Waals surface area contributed by atoms with E-state index in [9.17, 15) is 19.2 Å². The average Bonchev–Trinajstić information content (AvgIpc) is 2.84. The van der Waals surface area contributed by atoms with Crippen molar-refractivity contribution in [3.63, 3.8) is 0 Å². The lowest BCUT2D eigenvalue weighted by atomic mass is 10.1. The van der Waals surface area contributed by atoms with Crippen molar-refractivity contribution < 1.29 is 33.8 Å². The molecule has 10 nitrogen and oxygen atoms in total. The molecule has 0 aliphatic rings. The topological polar surface area (TPSA) is 143 Å². The van der Waals surface area contributed by atoms with E-state index in [1.807, 2.05) is 60.7 Å². The van der Waals surface area contributed by atoms with Gasteiger partial charge in [-0.1, -0.05) is 60.7 Å². The standard InChI is InChI=1S/C24H29N3O7/c28-21(26-15-22(29)30)14-20(27-24(32)34-17-19-10-5-2-6-11-19)12-7-13-25-23(31)33-16-18-8-3-1-4-9-18/h1-6,8-11,20H,7,12-17H2,(H,25,31)(H,26,28)(H,27,32)(H,29,30)/t20-/m1/s1. The summed E-state index contributed by atoms with van der Waals surface area (Å²) in [7, 11) is 0. The third-order valence-electron chi connectivity index (χ3n) is 4.61. The zero-order chi connectivity index (χ0) is 24.6. The SMILES string of the molecule is O=C(O)CNC(=O)C[C@@H](CCCNC(=O)OCc1ccccc1)NC(=O)OCc1ccccc1. The molecule has 0 saturated carbocycles. The van der Waals surface area contributed by atoms with E-state index in [1.54, 1.807) is 0 Å². The predicted octanol–water partition coefficient (Wildman–Crippen LogP) is 2.58. The van der Waals surface area contributed by atoms with Crippen LogP contribution in [0.4, 0.5) is 9.59 Å². The number of amides is 3. The van der Waals surface area contributed by atoms with Gasteiger partial charge >= 0.3 is 18.2 Å². The first-order valence-corrected chi connectivity index (χ1v) is 10.8. The monoisotopic (exact) mass is 471 g/mol. The number of benzene rings is 2. The minimum Gasteiger partial charge on any atom is -0.480 e. The molecule has 0 aliphatic heterocycles. The van der Waals surface area contributed by atoms with Crippen LogP contribution in [0.1, 0.15) is 30.4 Å². The normalized spacial score (nSPS) is 11.1. The molecule has 0 radical (unpaired) electrons. The van der Waals surface area contributed by atoms with Crippen molar-refractivity contribution in [1.29, 1.82) is 0 Å². The second-order valence-corrected chi connectivity index (χ2v) is 7.41. The Balaban J connectivity index is 1.76. The Hall–Kier alpha value is -4.08. The molecular formula is C24H29N3O7. The molecule has 0 fully saturated rings. The molecule has 0 spiro atoms. The molecule has 3 amide bonds. The molecule has 34 heavy (non-hydrogen) atoms. The smallest absolute Gasteiger partial charge is 0.407 e. The lowest BCUT2D eigenvalue weighted by molar-refractivity contribution is -0.138. The van der Waals surface area contributed by atoms with Crippen molar-refractivity contribution in [2.75, 3.05) is 13.1 Å². The van der Waals surface area contributed by atoms with Crippen LogP contribution < -0.4 is 16.0 Å². The third kappa shape index (κ3) is 11.5. The highest BCUT2D eigenvalue weighted by molar-refractivity contribution is 5.82. The second kappa shape index (κ2) is 14.9. The largest absolute Gasteiger partial charge is 0.480 e. The first-order valence-electron chi connectivity index (χ1n) is 10.8. The molecule has 0 saturated heterocycles. The van der Waals surface area contributed by atoms with Crippen molar-refractivity contribution in [3.05, 3.63) is 71.8 Å². The minimum atomic E-state index is -1.17. The highest BCUT2D eigenvalue weighted by Crippen LogP contribution is 2.06. The van der Waals surface area contributed by atoms with E-state index in [4.69, 9.17) is 14.6 Å². The third-order valence-corrected chi connectivity index (χ3v) is 4.61. The maximum Gasteiger partial charge on any atom is 0.407 e. The summed E-state index contributed by atoms with van der Waals surface area (Å²) in [5.74, 6) is -1.69. The number of carbonyl (C=O) groups excluding carboxylic acids is 3. The molecule has 2 rings (SSSR count). The number of carbonyl (C=O) groups is 4. The van der Waals surface area contributed by atoms with Gasteiger partial charge in [0.05, 0.1) is 0 Å². The number of ether oxygens (including phenoxy) is 2. The summed E-state index contributed by atoms with van der Waals surface area (Å²) in [6.45, 7) is -0.0340. The van der Waals surface area contributed by atoms with Crippen LogP contribution in [0.25, 0.3) is 0 Å². The first-order chi connectivity index (χ1) is 16.4. The minimum absolute atomic E-state index is 0.0689. The maximum atomic E-state index is 12.2. The van der Waals surface area contributed by atoms with Gasteiger partial charge in [-0.2, -0.15) is 0 Å². The zero-order valence-corrected chi connectivity index (χ0v) is 18.7. The van der Waals surface area contributed by atoms with Crippen molar-refractivity contribution in [2.24, 2.45) is 0 Å². The molecule has 1 atom stereocenters. The molecule has 2 aromatic carbocycles. The van der Waals surface area contributed by atoms with Crippen LogP contribution in [0.15, 0.2) is 60.7 Å². The highest BCUT2D eigenvalue weighted by atomic mass is 16.6. The van der Waals surface area contributed by atoms with E-state index in [-0.39, 0.29) is 26.2 Å². The Morgan fingerprint density at radius 1 is 0.794 bits per heavy atom. The first kappa shape index (κ1) is 26.2. The fraction of sp³-hybridized carbons (Fsp3) is 0.333. The molecule has 0 aliphatic carbocycles. The molecule has 0 aromatic heterocycles. The zero-order valence-electron chi connectivity index (χ0n) is 18.7. The van der Waals surface area contributed by atoms with Crippen LogP contribution in [0.3, 0.4) is 0 Å². The van der Waals surface area contributed by atoms with Crippen LogP contribution in [-0.4, -0.2) is 48.3 Å². The van der Waals surface area contributed by atoms with Gasteiger partial charge in [0.15, 0.2) is 0 Å². The van der Waals surface area contributed by atoms with Crippen LogP contribution in [0.5, 0.6) is 0 Å². The molecule has 0 unspecified atom stereocenters. The summed E-state index contributed by atoms with van der Waals surface area (Å²) < 4.78 is 10.3. The van der Waals surface area contributed by atoms with E-state index in [0.29, 0.717) is 12.8 Å². The highest BCUT2D eigenvalue weighted by Gasteiger charge is 2.18. The summed E-state index contributed by atoms with van der Waals surface area (Å²) in [6.07, 6.45) is -0.618. The molecule has 0 bridgehead atoms. The second-order valence-electron chi connectivity index (χ2n) is 7.41. The van der Waals surface area contributed by atoms with Gasteiger partial charge in [0.1, 0.15) is 19.8 Å². The Labute approximate surface area is 197 Å². The van der Waals surface area contributed by atoms with Gasteiger partial charge in [-0.15, -0.1) is 0 Å². The van der Waals surface area contributed by atoms with E-state index in [2.05, 4.69) is 16.0 Å². The van der Waals surface area contributed by atoms with Crippen molar-refractivity contribution in [3.8, 4) is 0 Å². The van der Waals surface area contributed by atoms with Crippen molar-refractivity contribution >= 4 is 24.1 Å². The average molecular weight is 472 g/mol. The van der Waals surface area contributed by atoms with Gasteiger partial charge in [0.2, 0.25) is 5.91 Å². The van der Waals surface area contributed by atoms with Gasteiger partial charge in [-0.05, 0) is 24.0 Å². The van der Waals surface area contributed by atoms with Gasteiger partial charge in [-0.3, -0.25) is 9.59 Å². The van der Waals surface area contributed by atoms with Crippen LogP contribution >= 0.6 is 0 Å². The van der Waals surface area contributed by atoms with Gasteiger partial charge in [-0.25, -0.2) is 9.59 Å². The maximum absolute atomic E-state index is 12.2. The number of carboxylic acid groups (broad SMARTS) is 1. The number of aliphatic carboxylic acids is 1. The number of nitrogens with one attached hydrogen (secondary N) is 3. The summed E-state index contributed by atoms with van der Waals surface area (Å²) in [6, 6.07) is 17.8. The number of alkyl carbamates (subject to hydrolysis) is 2. The number of hydrogen-bond acceptors (Lipinski definition) is 6. The van der Waals surface area contributed by atoms with E-state index >= 15 is 0 Å². The van der Waals surface area contributed by atoms with Crippen LogP contribution in [0, 0.1) is 0 Å². The van der Waals surface area contributed by atoms with Gasteiger partial charge < -0.3 is 30.5 Å². The van der Waals surface area contributed by atoms with Crippen molar-refractivity contribution in [2.45, 2.75) is 38.5 Å². The number of rotatable bonds is 13. The van der Waals surface area contributed by atoms with E-state index in [0.717, 1.165) is 11.1 Å². The van der Waals surface area contributed by atoms with Gasteiger partial charge in [0.25, 0.3) is 0 Å². The van der Waals surface area contributed by atoms with Crippen LogP contribution in [0.2, 0.25) is 0 Å². The lowest BCUT2D eigenvalue weighted by Gasteiger charge is -2.18. The molecule has 2 aromatic rings. The molecule has 182 valence electrons. The number of hydrogen-bond donors (Lipinski definition) is 4. The summed E-state index contributed by atoms with van der Waals surface area (Å²) in [4.78, 5) is 46.7. The van der Waals surface area contributed by atoms with Gasteiger partial charge in [0, 0.05) is 19.0 Å². The van der Waals surface area contributed by atoms with Crippen LogP contribution in [-0.2, 0) is 32.3 Å². The Morgan fingerprint density at radius 2 is 1.35 bits per heavy atom. The molecular weight excluding hydrogens is 442 g/mol. The Kier molecular flexibility index (Phi) is 11.5. The molecule has 10 heteroatoms. The number of carboxylic acids is 1. The summed E-state index contributed by atoms with van der Waals surface area (Å²) in [5.41, 5.74) is 1.68. The fourth-order valence-corrected chi connectivity index (χ4v) is 2.94. The Bertz CT molecular complexity index is 923. The fourth-order valence-electron chi connectivity index (χ4n) is 2.94. The molecule has 4 N–H and O–H groups in total. The predicted molar refractivity (Wildman–Crippen MR) is 123 cm³/mol. The summed E-state index contributed by atoms with van der Waals surface area (Å²) >= 11 is 0. The lowest BCUT2D eigenvalue weighted by Crippen LogP contribution is -2.41.